The molecule has 2 heterocycles. The number of hydrogen-bond donors (Lipinski definition) is 0. The molecule has 140 valence electrons. The van der Waals surface area contributed by atoms with Crippen LogP contribution in [0.1, 0.15) is 32.1 Å². The minimum absolute atomic E-state index is 0.111. The van der Waals surface area contributed by atoms with Crippen LogP contribution in [0.4, 0.5) is 0 Å². The maximum Gasteiger partial charge on any atom is 0.251 e. The lowest BCUT2D eigenvalue weighted by Crippen LogP contribution is -2.48. The van der Waals surface area contributed by atoms with Crippen LogP contribution in [0.15, 0.2) is 41.2 Å². The molecule has 1 aromatic heterocycles. The van der Waals surface area contributed by atoms with Crippen LogP contribution in [0.5, 0.6) is 0 Å². The standard InChI is InChI=1S/C22H31N3O/c26-22-11-10-20-8-4-5-9-21(20)25(22)17-16-23-12-14-24(15-13-23)18-19-6-2-1-3-7-19/h4-5,8-11,19H,1-3,6-7,12-18H2. The average Bonchev–Trinajstić information content (AvgIpc) is 2.69. The number of piperazine rings is 1. The van der Waals surface area contributed by atoms with Crippen molar-refractivity contribution in [2.45, 2.75) is 38.6 Å². The van der Waals surface area contributed by atoms with E-state index in [-0.39, 0.29) is 5.56 Å². The van der Waals surface area contributed by atoms with Crippen LogP contribution in [0.3, 0.4) is 0 Å². The summed E-state index contributed by atoms with van der Waals surface area (Å²) in [6.45, 7) is 7.67. The highest BCUT2D eigenvalue weighted by Gasteiger charge is 2.21. The summed E-state index contributed by atoms with van der Waals surface area (Å²) in [5.41, 5.74) is 1.16. The topological polar surface area (TPSA) is 28.5 Å². The predicted molar refractivity (Wildman–Crippen MR) is 108 cm³/mol. The molecule has 2 fully saturated rings. The van der Waals surface area contributed by atoms with Gasteiger partial charge >= 0.3 is 0 Å². The van der Waals surface area contributed by atoms with Crippen molar-refractivity contribution in [3.8, 4) is 0 Å². The lowest BCUT2D eigenvalue weighted by molar-refractivity contribution is 0.107. The number of para-hydroxylation sites is 1. The summed E-state index contributed by atoms with van der Waals surface area (Å²) in [5.74, 6) is 0.935. The number of hydrogen-bond acceptors (Lipinski definition) is 3. The molecule has 0 amide bonds. The van der Waals surface area contributed by atoms with E-state index in [2.05, 4.69) is 21.9 Å². The fraction of sp³-hybridized carbons (Fsp3) is 0.591. The molecule has 0 atom stereocenters. The zero-order valence-corrected chi connectivity index (χ0v) is 15.8. The van der Waals surface area contributed by atoms with Gasteiger partial charge in [0.05, 0.1) is 5.52 Å². The van der Waals surface area contributed by atoms with E-state index in [4.69, 9.17) is 0 Å². The normalized spacial score (nSPS) is 20.6. The van der Waals surface area contributed by atoms with Crippen molar-refractivity contribution in [3.63, 3.8) is 0 Å². The van der Waals surface area contributed by atoms with Crippen molar-refractivity contribution in [2.24, 2.45) is 5.92 Å². The van der Waals surface area contributed by atoms with E-state index >= 15 is 0 Å². The van der Waals surface area contributed by atoms with Gasteiger partial charge in [-0.05, 0) is 36.3 Å². The molecule has 26 heavy (non-hydrogen) atoms. The molecular weight excluding hydrogens is 322 g/mol. The number of aromatic nitrogens is 1. The van der Waals surface area contributed by atoms with E-state index < -0.39 is 0 Å². The summed E-state index contributed by atoms with van der Waals surface area (Å²) >= 11 is 0. The Kier molecular flexibility index (Phi) is 5.71. The van der Waals surface area contributed by atoms with Gasteiger partial charge in [0.2, 0.25) is 0 Å². The third-order valence-corrected chi connectivity index (χ3v) is 6.24. The van der Waals surface area contributed by atoms with E-state index in [1.54, 1.807) is 6.07 Å². The monoisotopic (exact) mass is 353 g/mol. The maximum absolute atomic E-state index is 12.3. The second kappa shape index (κ2) is 8.36. The lowest BCUT2D eigenvalue weighted by Gasteiger charge is -2.37. The minimum Gasteiger partial charge on any atom is -0.307 e. The van der Waals surface area contributed by atoms with Crippen molar-refractivity contribution in [3.05, 3.63) is 46.8 Å². The molecule has 1 saturated carbocycles. The summed E-state index contributed by atoms with van der Waals surface area (Å²) in [5, 5.41) is 1.14. The number of pyridine rings is 1. The summed E-state index contributed by atoms with van der Waals surface area (Å²) < 4.78 is 1.93. The summed E-state index contributed by atoms with van der Waals surface area (Å²) in [6, 6.07) is 11.8. The maximum atomic E-state index is 12.3. The van der Waals surface area contributed by atoms with Crippen LogP contribution in [0.25, 0.3) is 10.9 Å². The number of nitrogens with zero attached hydrogens (tertiary/aromatic N) is 3. The highest BCUT2D eigenvalue weighted by molar-refractivity contribution is 5.78. The Balaban J connectivity index is 1.30. The first-order valence-electron chi connectivity index (χ1n) is 10.3. The van der Waals surface area contributed by atoms with E-state index in [0.717, 1.165) is 43.0 Å². The van der Waals surface area contributed by atoms with Crippen molar-refractivity contribution in [1.29, 1.82) is 0 Å². The largest absolute Gasteiger partial charge is 0.307 e. The molecule has 0 N–H and O–H groups in total. The molecule has 4 rings (SSSR count). The van der Waals surface area contributed by atoms with Crippen molar-refractivity contribution in [1.82, 2.24) is 14.4 Å². The van der Waals surface area contributed by atoms with E-state index in [9.17, 15) is 4.79 Å². The highest BCUT2D eigenvalue weighted by Crippen LogP contribution is 2.24. The zero-order chi connectivity index (χ0) is 17.8. The van der Waals surface area contributed by atoms with Gasteiger partial charge in [-0.2, -0.15) is 0 Å². The molecular formula is C22H31N3O. The first-order valence-corrected chi connectivity index (χ1v) is 10.3. The molecule has 2 aliphatic rings. The van der Waals surface area contributed by atoms with Crippen LogP contribution in [0.2, 0.25) is 0 Å². The Morgan fingerprint density at radius 3 is 2.35 bits per heavy atom. The third kappa shape index (κ3) is 4.18. The third-order valence-electron chi connectivity index (χ3n) is 6.24. The molecule has 1 aliphatic carbocycles. The lowest BCUT2D eigenvalue weighted by atomic mass is 9.89. The molecule has 2 aromatic rings. The van der Waals surface area contributed by atoms with Crippen LogP contribution >= 0.6 is 0 Å². The van der Waals surface area contributed by atoms with Gasteiger partial charge in [0.1, 0.15) is 0 Å². The number of rotatable bonds is 5. The van der Waals surface area contributed by atoms with Crippen LogP contribution in [0, 0.1) is 5.92 Å². The first kappa shape index (κ1) is 17.7. The second-order valence-corrected chi connectivity index (χ2v) is 8.03. The van der Waals surface area contributed by atoms with Crippen molar-refractivity contribution < 1.29 is 0 Å². The SMILES string of the molecule is O=c1ccc2ccccc2n1CCN1CCN(CC2CCCCC2)CC1. The Hall–Kier alpha value is -1.65. The number of fused-ring (bicyclic) bond motifs is 1. The van der Waals surface area contributed by atoms with Gasteiger partial charge < -0.3 is 9.47 Å². The molecule has 1 saturated heterocycles. The Morgan fingerprint density at radius 2 is 1.54 bits per heavy atom. The average molecular weight is 354 g/mol. The fourth-order valence-electron chi connectivity index (χ4n) is 4.65. The Labute approximate surface area is 156 Å². The van der Waals surface area contributed by atoms with E-state index in [1.807, 2.05) is 22.8 Å². The van der Waals surface area contributed by atoms with Gasteiger partial charge in [0.15, 0.2) is 0 Å². The molecule has 1 aliphatic heterocycles. The Morgan fingerprint density at radius 1 is 0.808 bits per heavy atom. The molecule has 0 radical (unpaired) electrons. The van der Waals surface area contributed by atoms with Crippen LogP contribution < -0.4 is 5.56 Å². The molecule has 4 heteroatoms. The molecule has 4 nitrogen and oxygen atoms in total. The number of benzene rings is 1. The van der Waals surface area contributed by atoms with Gasteiger partial charge in [0, 0.05) is 51.9 Å². The highest BCUT2D eigenvalue weighted by atomic mass is 16.1. The van der Waals surface area contributed by atoms with Gasteiger partial charge in [-0.25, -0.2) is 0 Å². The van der Waals surface area contributed by atoms with E-state index in [1.165, 1.54) is 51.7 Å². The smallest absolute Gasteiger partial charge is 0.251 e. The molecule has 0 bridgehead atoms. The molecule has 1 aromatic carbocycles. The minimum atomic E-state index is 0.111. The van der Waals surface area contributed by atoms with Gasteiger partial charge in [-0.1, -0.05) is 37.5 Å². The zero-order valence-electron chi connectivity index (χ0n) is 15.8. The first-order chi connectivity index (χ1) is 12.8. The van der Waals surface area contributed by atoms with Crippen molar-refractivity contribution in [2.75, 3.05) is 39.3 Å². The predicted octanol–water partition coefficient (Wildman–Crippen LogP) is 3.20. The van der Waals surface area contributed by atoms with Gasteiger partial charge in [-0.3, -0.25) is 9.69 Å². The van der Waals surface area contributed by atoms with E-state index in [0.29, 0.717) is 0 Å². The van der Waals surface area contributed by atoms with Crippen LogP contribution in [-0.2, 0) is 6.54 Å². The van der Waals surface area contributed by atoms with Gasteiger partial charge in [-0.15, -0.1) is 0 Å². The summed E-state index contributed by atoms with van der Waals surface area (Å²) in [6.07, 6.45) is 7.18. The van der Waals surface area contributed by atoms with Crippen LogP contribution in [-0.4, -0.2) is 53.6 Å². The summed E-state index contributed by atoms with van der Waals surface area (Å²) in [7, 11) is 0. The van der Waals surface area contributed by atoms with Crippen molar-refractivity contribution >= 4 is 10.9 Å². The summed E-state index contributed by atoms with van der Waals surface area (Å²) in [4.78, 5) is 17.5. The van der Waals surface area contributed by atoms with Gasteiger partial charge in [0.25, 0.3) is 5.56 Å². The molecule has 0 spiro atoms. The Bertz CT molecular complexity index is 770. The molecule has 0 unspecified atom stereocenters. The fourth-order valence-corrected chi connectivity index (χ4v) is 4.65. The second-order valence-electron chi connectivity index (χ2n) is 8.03. The quantitative estimate of drug-likeness (QED) is 0.826.